The zero-order valence-corrected chi connectivity index (χ0v) is 19.8. The molecule has 2 aromatic rings. The molecule has 2 fully saturated rings. The van der Waals surface area contributed by atoms with Gasteiger partial charge in [-0.2, -0.15) is 4.31 Å². The molecule has 4 amide bonds. The number of carbonyl (C=O) groups excluding carboxylic acids is 3. The summed E-state index contributed by atoms with van der Waals surface area (Å²) >= 11 is 0. The van der Waals surface area contributed by atoms with E-state index in [-0.39, 0.29) is 4.90 Å². The first-order chi connectivity index (χ1) is 16.2. The molecular weight excluding hydrogens is 456 g/mol. The number of carbonyl (C=O) groups is 3. The largest absolute Gasteiger partial charge is 0.325 e. The molecule has 1 atom stereocenters. The van der Waals surface area contributed by atoms with E-state index < -0.39 is 40.0 Å². The van der Waals surface area contributed by atoms with Gasteiger partial charge in [0, 0.05) is 18.8 Å². The van der Waals surface area contributed by atoms with Crippen LogP contribution >= 0.6 is 0 Å². The molecule has 0 saturated carbocycles. The van der Waals surface area contributed by atoms with E-state index in [0.717, 1.165) is 23.3 Å². The Morgan fingerprint density at radius 3 is 2.32 bits per heavy atom. The number of imide groups is 1. The second-order valence-corrected chi connectivity index (χ2v) is 10.8. The highest BCUT2D eigenvalue weighted by atomic mass is 32.2. The van der Waals surface area contributed by atoms with Crippen LogP contribution in [0.5, 0.6) is 0 Å². The number of benzene rings is 2. The smallest absolute Gasteiger partial charge is 0.325 e. The molecule has 1 unspecified atom stereocenters. The van der Waals surface area contributed by atoms with Crippen LogP contribution in [0.1, 0.15) is 31.7 Å². The third-order valence-corrected chi connectivity index (χ3v) is 8.16. The molecule has 2 aliphatic heterocycles. The minimum absolute atomic E-state index is 0.163. The lowest BCUT2D eigenvalue weighted by Crippen LogP contribution is -2.45. The topological polar surface area (TPSA) is 116 Å². The SMILES string of the molecule is CC1(CCc2ccccc2)NC(=O)N(CC(=O)Nc2ccc(S(=O)(=O)N3CCCC3)cc2)C1=O. The lowest BCUT2D eigenvalue weighted by molar-refractivity contribution is -0.133. The first-order valence-corrected chi connectivity index (χ1v) is 12.7. The lowest BCUT2D eigenvalue weighted by Gasteiger charge is -2.21. The fourth-order valence-electron chi connectivity index (χ4n) is 4.23. The quantitative estimate of drug-likeness (QED) is 0.558. The molecule has 34 heavy (non-hydrogen) atoms. The maximum Gasteiger partial charge on any atom is 0.325 e. The van der Waals surface area contributed by atoms with Crippen molar-refractivity contribution >= 4 is 33.6 Å². The molecule has 0 aromatic heterocycles. The Labute approximate surface area is 199 Å². The highest BCUT2D eigenvalue weighted by molar-refractivity contribution is 7.89. The normalized spacial score (nSPS) is 21.0. The Bertz CT molecular complexity index is 1180. The summed E-state index contributed by atoms with van der Waals surface area (Å²) in [5.74, 6) is -0.999. The van der Waals surface area contributed by atoms with E-state index in [4.69, 9.17) is 0 Å². The number of rotatable bonds is 8. The summed E-state index contributed by atoms with van der Waals surface area (Å²) < 4.78 is 26.7. The van der Waals surface area contributed by atoms with Gasteiger partial charge in [0.2, 0.25) is 15.9 Å². The van der Waals surface area contributed by atoms with Gasteiger partial charge < -0.3 is 10.6 Å². The fourth-order valence-corrected chi connectivity index (χ4v) is 5.75. The van der Waals surface area contributed by atoms with Crippen molar-refractivity contribution in [3.8, 4) is 0 Å². The van der Waals surface area contributed by atoms with Crippen LogP contribution in [-0.2, 0) is 26.0 Å². The molecule has 0 spiro atoms. The van der Waals surface area contributed by atoms with Gasteiger partial charge in [-0.05, 0) is 62.4 Å². The van der Waals surface area contributed by atoms with Crippen LogP contribution in [0.25, 0.3) is 0 Å². The number of anilines is 1. The number of amides is 4. The summed E-state index contributed by atoms with van der Waals surface area (Å²) in [6.45, 7) is 2.25. The molecule has 9 nitrogen and oxygen atoms in total. The van der Waals surface area contributed by atoms with Crippen LogP contribution in [0.4, 0.5) is 10.5 Å². The predicted octanol–water partition coefficient (Wildman–Crippen LogP) is 2.35. The third kappa shape index (κ3) is 4.97. The number of nitrogens with zero attached hydrogens (tertiary/aromatic N) is 2. The number of urea groups is 1. The molecule has 0 aliphatic carbocycles. The minimum atomic E-state index is -3.54. The van der Waals surface area contributed by atoms with E-state index in [1.807, 2.05) is 30.3 Å². The van der Waals surface area contributed by atoms with E-state index in [1.165, 1.54) is 28.6 Å². The molecule has 2 aliphatic rings. The zero-order valence-electron chi connectivity index (χ0n) is 19.0. The van der Waals surface area contributed by atoms with Crippen molar-refractivity contribution in [2.75, 3.05) is 25.0 Å². The zero-order chi connectivity index (χ0) is 24.3. The van der Waals surface area contributed by atoms with E-state index in [1.54, 1.807) is 6.92 Å². The molecule has 0 bridgehead atoms. The Hall–Kier alpha value is -3.24. The van der Waals surface area contributed by atoms with Gasteiger partial charge in [0.15, 0.2) is 0 Å². The first-order valence-electron chi connectivity index (χ1n) is 11.3. The average molecular weight is 485 g/mol. The van der Waals surface area contributed by atoms with Crippen molar-refractivity contribution in [1.29, 1.82) is 0 Å². The molecule has 2 heterocycles. The molecule has 0 radical (unpaired) electrons. The molecule has 4 rings (SSSR count). The van der Waals surface area contributed by atoms with Gasteiger partial charge >= 0.3 is 6.03 Å². The summed E-state index contributed by atoms with van der Waals surface area (Å²) in [4.78, 5) is 38.9. The molecule has 2 aromatic carbocycles. The minimum Gasteiger partial charge on any atom is -0.325 e. The molecule has 2 saturated heterocycles. The van der Waals surface area contributed by atoms with Gasteiger partial charge in [-0.3, -0.25) is 14.5 Å². The van der Waals surface area contributed by atoms with Crippen molar-refractivity contribution in [2.24, 2.45) is 0 Å². The Morgan fingerprint density at radius 1 is 1.03 bits per heavy atom. The molecule has 2 N–H and O–H groups in total. The van der Waals surface area contributed by atoms with E-state index in [0.29, 0.717) is 31.6 Å². The number of sulfonamides is 1. The molecule has 180 valence electrons. The number of hydrogen-bond donors (Lipinski definition) is 2. The Balaban J connectivity index is 1.35. The number of aryl methyl sites for hydroxylation is 1. The Kier molecular flexibility index (Phi) is 6.72. The Morgan fingerprint density at radius 2 is 1.68 bits per heavy atom. The number of hydrogen-bond acceptors (Lipinski definition) is 5. The van der Waals surface area contributed by atoms with Crippen molar-refractivity contribution in [3.05, 3.63) is 60.2 Å². The summed E-state index contributed by atoms with van der Waals surface area (Å²) in [5.41, 5.74) is 0.347. The standard InChI is InChI=1S/C24H28N4O5S/c1-24(14-13-18-7-3-2-4-8-18)22(30)28(23(31)26-24)17-21(29)25-19-9-11-20(12-10-19)34(32,33)27-15-5-6-16-27/h2-4,7-12H,5-6,13-17H2,1H3,(H,25,29)(H,26,31). The van der Waals surface area contributed by atoms with Gasteiger partial charge in [-0.25, -0.2) is 13.2 Å². The van der Waals surface area contributed by atoms with Crippen LogP contribution in [0.15, 0.2) is 59.5 Å². The van der Waals surface area contributed by atoms with Crippen molar-refractivity contribution in [3.63, 3.8) is 0 Å². The maximum atomic E-state index is 12.9. The van der Waals surface area contributed by atoms with Crippen LogP contribution in [0, 0.1) is 0 Å². The monoisotopic (exact) mass is 484 g/mol. The van der Waals surface area contributed by atoms with Crippen molar-refractivity contribution in [1.82, 2.24) is 14.5 Å². The van der Waals surface area contributed by atoms with Crippen molar-refractivity contribution in [2.45, 2.75) is 43.0 Å². The van der Waals surface area contributed by atoms with Crippen LogP contribution < -0.4 is 10.6 Å². The summed E-state index contributed by atoms with van der Waals surface area (Å²) in [6.07, 6.45) is 2.71. The highest BCUT2D eigenvalue weighted by Crippen LogP contribution is 2.24. The summed E-state index contributed by atoms with van der Waals surface area (Å²) in [6, 6.07) is 14.9. The first kappa shape index (κ1) is 23.9. The van der Waals surface area contributed by atoms with Crippen LogP contribution in [0.2, 0.25) is 0 Å². The molecular formula is C24H28N4O5S. The van der Waals surface area contributed by atoms with Crippen LogP contribution in [0.3, 0.4) is 0 Å². The lowest BCUT2D eigenvalue weighted by atomic mass is 9.93. The second-order valence-electron chi connectivity index (χ2n) is 8.82. The van der Waals surface area contributed by atoms with Crippen LogP contribution in [-0.4, -0.2) is 60.6 Å². The number of nitrogens with one attached hydrogen (secondary N) is 2. The molecule has 10 heteroatoms. The van der Waals surface area contributed by atoms with E-state index in [9.17, 15) is 22.8 Å². The van der Waals surface area contributed by atoms with Gasteiger partial charge in [-0.15, -0.1) is 0 Å². The highest BCUT2D eigenvalue weighted by Gasteiger charge is 2.47. The van der Waals surface area contributed by atoms with Crippen molar-refractivity contribution < 1.29 is 22.8 Å². The maximum absolute atomic E-state index is 12.9. The summed E-state index contributed by atoms with van der Waals surface area (Å²) in [5, 5.41) is 5.33. The summed E-state index contributed by atoms with van der Waals surface area (Å²) in [7, 11) is -3.54. The van der Waals surface area contributed by atoms with E-state index >= 15 is 0 Å². The predicted molar refractivity (Wildman–Crippen MR) is 126 cm³/mol. The van der Waals surface area contributed by atoms with Gasteiger partial charge in [0.05, 0.1) is 4.90 Å². The van der Waals surface area contributed by atoms with E-state index in [2.05, 4.69) is 10.6 Å². The van der Waals surface area contributed by atoms with Gasteiger partial charge in [0.25, 0.3) is 5.91 Å². The average Bonchev–Trinajstić information content (AvgIpc) is 3.44. The third-order valence-electron chi connectivity index (χ3n) is 6.24. The van der Waals surface area contributed by atoms with Gasteiger partial charge in [-0.1, -0.05) is 30.3 Å². The second kappa shape index (κ2) is 9.55. The van der Waals surface area contributed by atoms with Gasteiger partial charge in [0.1, 0.15) is 12.1 Å². The fraction of sp³-hybridized carbons (Fsp3) is 0.375.